The molecular weight excluding hydrogens is 487 g/mol. The number of rotatable bonds is 5. The highest BCUT2D eigenvalue weighted by molar-refractivity contribution is 7.14. The molecule has 0 radical (unpaired) electrons. The first-order valence-electron chi connectivity index (χ1n) is 10.7. The van der Waals surface area contributed by atoms with Gasteiger partial charge in [0.1, 0.15) is 4.88 Å². The minimum atomic E-state index is -4.61. The Bertz CT molecular complexity index is 1210. The quantitative estimate of drug-likeness (QED) is 0.375. The van der Waals surface area contributed by atoms with Crippen molar-refractivity contribution in [2.75, 3.05) is 5.32 Å². The number of fused-ring (bicyclic) bond motifs is 1. The van der Waals surface area contributed by atoms with E-state index in [-0.39, 0.29) is 10.7 Å². The normalized spacial score (nSPS) is 16.4. The zero-order valence-corrected chi connectivity index (χ0v) is 19.7. The summed E-state index contributed by atoms with van der Waals surface area (Å²) in [6, 6.07) is 12.7. The number of carbonyl (C=O) groups excluding carboxylic acids is 2. The van der Waals surface area contributed by atoms with Crippen molar-refractivity contribution < 1.29 is 27.5 Å². The van der Waals surface area contributed by atoms with Crippen molar-refractivity contribution in [3.63, 3.8) is 0 Å². The van der Waals surface area contributed by atoms with Crippen LogP contribution < -0.4 is 5.32 Å². The van der Waals surface area contributed by atoms with E-state index in [2.05, 4.69) is 12.2 Å². The minimum Gasteiger partial charge on any atom is -0.443 e. The molecule has 0 bridgehead atoms. The van der Waals surface area contributed by atoms with Crippen molar-refractivity contribution >= 4 is 40.5 Å². The van der Waals surface area contributed by atoms with E-state index in [4.69, 9.17) is 16.3 Å². The molecule has 178 valence electrons. The van der Waals surface area contributed by atoms with Crippen LogP contribution in [0.4, 0.5) is 18.9 Å². The topological polar surface area (TPSA) is 55.4 Å². The fourth-order valence-electron chi connectivity index (χ4n) is 3.87. The maximum Gasteiger partial charge on any atom is 0.416 e. The lowest BCUT2D eigenvalue weighted by Crippen LogP contribution is -2.26. The first kappa shape index (κ1) is 24.3. The molecule has 0 unspecified atom stereocenters. The maximum absolute atomic E-state index is 13.1. The summed E-state index contributed by atoms with van der Waals surface area (Å²) in [6.07, 6.45) is -3.15. The second kappa shape index (κ2) is 9.80. The number of anilines is 1. The largest absolute Gasteiger partial charge is 0.443 e. The molecule has 1 N–H and O–H groups in total. The second-order valence-corrected chi connectivity index (χ2v) is 9.83. The average Bonchev–Trinajstić information content (AvgIpc) is 3.22. The predicted molar refractivity (Wildman–Crippen MR) is 125 cm³/mol. The monoisotopic (exact) mass is 507 g/mol. The molecule has 3 aromatic rings. The molecule has 0 aliphatic heterocycles. The van der Waals surface area contributed by atoms with Crippen LogP contribution in [-0.4, -0.2) is 11.9 Å². The highest BCUT2D eigenvalue weighted by Gasteiger charge is 2.32. The van der Waals surface area contributed by atoms with Gasteiger partial charge in [0.15, 0.2) is 0 Å². The highest BCUT2D eigenvalue weighted by Crippen LogP contribution is 2.35. The molecule has 1 aromatic heterocycles. The molecule has 4 rings (SSSR count). The van der Waals surface area contributed by atoms with Crippen LogP contribution in [0, 0.1) is 5.92 Å². The van der Waals surface area contributed by atoms with Crippen LogP contribution in [0.1, 0.15) is 50.7 Å². The molecule has 2 aromatic carbocycles. The Balaban J connectivity index is 1.59. The first-order valence-corrected chi connectivity index (χ1v) is 11.9. The van der Waals surface area contributed by atoms with Crippen molar-refractivity contribution in [1.29, 1.82) is 0 Å². The molecule has 1 aliphatic carbocycles. The van der Waals surface area contributed by atoms with Gasteiger partial charge in [-0.25, -0.2) is 4.79 Å². The molecule has 0 saturated heterocycles. The first-order chi connectivity index (χ1) is 16.1. The summed E-state index contributed by atoms with van der Waals surface area (Å²) in [5.41, 5.74) is 0.316. The number of esters is 1. The van der Waals surface area contributed by atoms with Gasteiger partial charge in [-0.1, -0.05) is 48.9 Å². The Hall–Kier alpha value is -2.84. The van der Waals surface area contributed by atoms with E-state index in [1.54, 1.807) is 30.3 Å². The lowest BCUT2D eigenvalue weighted by atomic mass is 9.90. The zero-order chi connectivity index (χ0) is 24.5. The number of nitrogens with one attached hydrogen (secondary N) is 1. The fourth-order valence-corrected chi connectivity index (χ4v) is 5.12. The van der Waals surface area contributed by atoms with E-state index < -0.39 is 29.7 Å². The standard InChI is InChI=1S/C25H21ClF3NO3S/c1-14-7-10-20-16(11-14)12-21(34-20)24(32)33-22(15-5-3-2-4-6-15)23(31)30-19-13-17(25(27,28)29)8-9-18(19)26/h2-6,8-9,12-14,22H,7,10-11H2,1H3,(H,30,31)/t14-,22+/m1/s1. The molecule has 0 fully saturated rings. The van der Waals surface area contributed by atoms with E-state index in [0.717, 1.165) is 47.9 Å². The fraction of sp³-hybridized carbons (Fsp3) is 0.280. The molecule has 1 aliphatic rings. The van der Waals surface area contributed by atoms with Gasteiger partial charge in [-0.05, 0) is 55.0 Å². The molecule has 1 amide bonds. The molecular formula is C25H21ClF3NO3S. The van der Waals surface area contributed by atoms with Crippen LogP contribution in [-0.2, 0) is 28.5 Å². The summed E-state index contributed by atoms with van der Waals surface area (Å²) in [5, 5.41) is 2.32. The highest BCUT2D eigenvalue weighted by atomic mass is 35.5. The van der Waals surface area contributed by atoms with E-state index in [0.29, 0.717) is 16.4 Å². The Morgan fingerprint density at radius 1 is 1.15 bits per heavy atom. The third-order valence-corrected chi connectivity index (χ3v) is 7.19. The second-order valence-electron chi connectivity index (χ2n) is 8.28. The molecule has 2 atom stereocenters. The smallest absolute Gasteiger partial charge is 0.416 e. The van der Waals surface area contributed by atoms with E-state index in [1.165, 1.54) is 11.3 Å². The van der Waals surface area contributed by atoms with E-state index in [9.17, 15) is 22.8 Å². The van der Waals surface area contributed by atoms with Crippen LogP contribution >= 0.6 is 22.9 Å². The lowest BCUT2D eigenvalue weighted by molar-refractivity contribution is -0.137. The van der Waals surface area contributed by atoms with Gasteiger partial charge in [-0.15, -0.1) is 11.3 Å². The van der Waals surface area contributed by atoms with Crippen LogP contribution in [0.5, 0.6) is 0 Å². The number of aryl methyl sites for hydroxylation is 1. The third-order valence-electron chi connectivity index (χ3n) is 5.65. The number of alkyl halides is 3. The number of carbonyl (C=O) groups is 2. The zero-order valence-electron chi connectivity index (χ0n) is 18.1. The molecule has 1 heterocycles. The van der Waals surface area contributed by atoms with E-state index in [1.807, 2.05) is 6.07 Å². The summed E-state index contributed by atoms with van der Waals surface area (Å²) in [5.74, 6) is -0.937. The third kappa shape index (κ3) is 5.45. The van der Waals surface area contributed by atoms with Crippen LogP contribution in [0.3, 0.4) is 0 Å². The van der Waals surface area contributed by atoms with Gasteiger partial charge in [0, 0.05) is 10.4 Å². The average molecular weight is 508 g/mol. The van der Waals surface area contributed by atoms with Gasteiger partial charge >= 0.3 is 12.1 Å². The van der Waals surface area contributed by atoms with Gasteiger partial charge in [0.2, 0.25) is 6.10 Å². The summed E-state index contributed by atoms with van der Waals surface area (Å²) < 4.78 is 44.9. The molecule has 9 heteroatoms. The van der Waals surface area contributed by atoms with Crippen molar-refractivity contribution in [2.45, 2.75) is 38.5 Å². The van der Waals surface area contributed by atoms with Crippen molar-refractivity contribution in [2.24, 2.45) is 5.92 Å². The van der Waals surface area contributed by atoms with Crippen molar-refractivity contribution in [3.8, 4) is 0 Å². The number of amides is 1. The molecule has 0 saturated carbocycles. The molecule has 0 spiro atoms. The van der Waals surface area contributed by atoms with Gasteiger partial charge in [-0.2, -0.15) is 13.2 Å². The summed E-state index contributed by atoms with van der Waals surface area (Å²) >= 11 is 7.38. The minimum absolute atomic E-state index is 0.0699. The Kier molecular flexibility index (Phi) is 7.00. The van der Waals surface area contributed by atoms with Gasteiger partial charge in [-0.3, -0.25) is 4.79 Å². The summed E-state index contributed by atoms with van der Waals surface area (Å²) in [7, 11) is 0. The van der Waals surface area contributed by atoms with Gasteiger partial charge < -0.3 is 10.1 Å². The Labute approximate surface area is 203 Å². The number of ether oxygens (including phenoxy) is 1. The summed E-state index contributed by atoms with van der Waals surface area (Å²) in [6.45, 7) is 2.16. The number of hydrogen-bond donors (Lipinski definition) is 1. The van der Waals surface area contributed by atoms with Gasteiger partial charge in [0.25, 0.3) is 5.91 Å². The van der Waals surface area contributed by atoms with Gasteiger partial charge in [0.05, 0.1) is 16.3 Å². The predicted octanol–water partition coefficient (Wildman–Crippen LogP) is 7.08. The lowest BCUT2D eigenvalue weighted by Gasteiger charge is -2.19. The van der Waals surface area contributed by atoms with Crippen LogP contribution in [0.15, 0.2) is 54.6 Å². The van der Waals surface area contributed by atoms with Crippen LogP contribution in [0.2, 0.25) is 5.02 Å². The Morgan fingerprint density at radius 2 is 1.88 bits per heavy atom. The maximum atomic E-state index is 13.1. The number of benzene rings is 2. The molecule has 4 nitrogen and oxygen atoms in total. The van der Waals surface area contributed by atoms with E-state index >= 15 is 0 Å². The number of hydrogen-bond acceptors (Lipinski definition) is 4. The van der Waals surface area contributed by atoms with Crippen molar-refractivity contribution in [3.05, 3.63) is 86.1 Å². The van der Waals surface area contributed by atoms with Crippen LogP contribution in [0.25, 0.3) is 0 Å². The SMILES string of the molecule is C[C@@H]1CCc2sc(C(=O)O[C@H](C(=O)Nc3cc(C(F)(F)F)ccc3Cl)c3ccccc3)cc2C1. The number of thiophene rings is 1. The summed E-state index contributed by atoms with van der Waals surface area (Å²) in [4.78, 5) is 27.6. The number of halogens is 4. The molecule has 34 heavy (non-hydrogen) atoms. The van der Waals surface area contributed by atoms with Crippen molar-refractivity contribution in [1.82, 2.24) is 0 Å². The Morgan fingerprint density at radius 3 is 2.59 bits per heavy atom.